The highest BCUT2D eigenvalue weighted by atomic mass is 16.5. The van der Waals surface area contributed by atoms with Crippen molar-refractivity contribution in [1.82, 2.24) is 5.43 Å². The number of unbranched alkanes of at least 4 members (excludes halogenated alkanes) is 7. The zero-order valence-electron chi connectivity index (χ0n) is 18.3. The third-order valence-electron chi connectivity index (χ3n) is 5.05. The van der Waals surface area contributed by atoms with Gasteiger partial charge >= 0.3 is 0 Å². The second-order valence-electron chi connectivity index (χ2n) is 7.62. The quantitative estimate of drug-likeness (QED) is 0.206. The van der Waals surface area contributed by atoms with E-state index in [1.165, 1.54) is 50.5 Å². The molecule has 0 aliphatic carbocycles. The first-order valence-corrected chi connectivity index (χ1v) is 11.4. The second-order valence-corrected chi connectivity index (χ2v) is 7.62. The van der Waals surface area contributed by atoms with Crippen LogP contribution >= 0.6 is 0 Å². The van der Waals surface area contributed by atoms with Crippen LogP contribution < -0.4 is 10.2 Å². The van der Waals surface area contributed by atoms with Gasteiger partial charge in [-0.3, -0.25) is 4.79 Å². The molecule has 2 aromatic carbocycles. The predicted octanol–water partition coefficient (Wildman–Crippen LogP) is 6.55. The lowest BCUT2D eigenvalue weighted by molar-refractivity contribution is 0.0955. The van der Waals surface area contributed by atoms with Gasteiger partial charge in [0.25, 0.3) is 5.91 Å². The number of benzene rings is 2. The van der Waals surface area contributed by atoms with Gasteiger partial charge in [0.1, 0.15) is 5.75 Å². The highest BCUT2D eigenvalue weighted by Gasteiger charge is 2.04. The molecule has 0 aliphatic rings. The van der Waals surface area contributed by atoms with Gasteiger partial charge in [-0.2, -0.15) is 5.10 Å². The molecule has 0 atom stereocenters. The van der Waals surface area contributed by atoms with Crippen LogP contribution in [0.3, 0.4) is 0 Å². The van der Waals surface area contributed by atoms with E-state index >= 15 is 0 Å². The van der Waals surface area contributed by atoms with Crippen LogP contribution in [0.15, 0.2) is 59.7 Å². The molecule has 0 unspecified atom stereocenters. The largest absolute Gasteiger partial charge is 0.494 e. The Kier molecular flexibility index (Phi) is 12.0. The Morgan fingerprint density at radius 3 is 2.27 bits per heavy atom. The van der Waals surface area contributed by atoms with Crippen molar-refractivity contribution in [3.8, 4) is 5.75 Å². The van der Waals surface area contributed by atoms with Crippen molar-refractivity contribution < 1.29 is 9.53 Å². The maximum absolute atomic E-state index is 12.1. The molecule has 0 aromatic heterocycles. The van der Waals surface area contributed by atoms with Crippen molar-refractivity contribution in [2.75, 3.05) is 6.61 Å². The van der Waals surface area contributed by atoms with Crippen molar-refractivity contribution in [2.45, 2.75) is 71.1 Å². The summed E-state index contributed by atoms with van der Waals surface area (Å²) in [6, 6.07) is 17.5. The number of aryl methyl sites for hydroxylation is 1. The summed E-state index contributed by atoms with van der Waals surface area (Å²) >= 11 is 0. The molecule has 0 bridgehead atoms. The fraction of sp³-hybridized carbons (Fsp3) is 0.462. The molecular formula is C26H36N2O2. The Labute approximate surface area is 181 Å². The molecule has 4 nitrogen and oxygen atoms in total. The zero-order chi connectivity index (χ0) is 21.3. The highest BCUT2D eigenvalue weighted by molar-refractivity contribution is 5.94. The van der Waals surface area contributed by atoms with Crippen molar-refractivity contribution >= 4 is 12.1 Å². The highest BCUT2D eigenvalue weighted by Crippen LogP contribution is 2.14. The molecule has 1 amide bonds. The first-order valence-electron chi connectivity index (χ1n) is 11.4. The molecule has 0 fully saturated rings. The van der Waals surface area contributed by atoms with Gasteiger partial charge in [0.2, 0.25) is 0 Å². The van der Waals surface area contributed by atoms with Crippen LogP contribution in [0.25, 0.3) is 0 Å². The summed E-state index contributed by atoms with van der Waals surface area (Å²) in [6.07, 6.45) is 13.7. The molecule has 0 radical (unpaired) electrons. The molecule has 2 rings (SSSR count). The van der Waals surface area contributed by atoms with Gasteiger partial charge in [-0.05, 0) is 49.1 Å². The number of nitrogens with zero attached hydrogens (tertiary/aromatic N) is 1. The number of hydrogen-bond donors (Lipinski definition) is 1. The number of nitrogens with one attached hydrogen (secondary N) is 1. The van der Waals surface area contributed by atoms with Crippen LogP contribution in [0, 0.1) is 0 Å². The zero-order valence-corrected chi connectivity index (χ0v) is 18.3. The van der Waals surface area contributed by atoms with Gasteiger partial charge < -0.3 is 4.74 Å². The SMILES string of the molecule is CCCCCCCCCCOc1ccc(C(=O)N/N=C/CCc2ccccc2)cc1. The number of amides is 1. The van der Waals surface area contributed by atoms with Gasteiger partial charge in [0.15, 0.2) is 0 Å². The van der Waals surface area contributed by atoms with Crippen LogP contribution in [-0.4, -0.2) is 18.7 Å². The Bertz CT molecular complexity index is 726. The molecule has 1 N–H and O–H groups in total. The van der Waals surface area contributed by atoms with Crippen LogP contribution in [0.5, 0.6) is 5.75 Å². The lowest BCUT2D eigenvalue weighted by Crippen LogP contribution is -2.17. The first kappa shape index (κ1) is 23.7. The molecule has 30 heavy (non-hydrogen) atoms. The third-order valence-corrected chi connectivity index (χ3v) is 5.05. The molecule has 0 heterocycles. The summed E-state index contributed by atoms with van der Waals surface area (Å²) in [5.41, 5.74) is 4.42. The number of hydrogen-bond acceptors (Lipinski definition) is 3. The standard InChI is InChI=1S/C26H36N2O2/c1-2-3-4-5-6-7-8-12-22-30-25-19-17-24(18-20-25)26(29)28-27-21-13-16-23-14-10-9-11-15-23/h9-11,14-15,17-21H,2-8,12-13,16,22H2,1H3,(H,28,29)/b27-21+. The molecule has 162 valence electrons. The van der Waals surface area contributed by atoms with Gasteiger partial charge in [0.05, 0.1) is 6.61 Å². The summed E-state index contributed by atoms with van der Waals surface area (Å²) in [5, 5.41) is 4.03. The molecule has 0 spiro atoms. The fourth-order valence-corrected chi connectivity index (χ4v) is 3.24. The van der Waals surface area contributed by atoms with Gasteiger partial charge in [-0.1, -0.05) is 82.2 Å². The Hall–Kier alpha value is -2.62. The minimum Gasteiger partial charge on any atom is -0.494 e. The first-order chi connectivity index (χ1) is 14.8. The fourth-order valence-electron chi connectivity index (χ4n) is 3.24. The van der Waals surface area contributed by atoms with Crippen molar-refractivity contribution in [1.29, 1.82) is 0 Å². The van der Waals surface area contributed by atoms with Gasteiger partial charge in [-0.15, -0.1) is 0 Å². The lowest BCUT2D eigenvalue weighted by atomic mass is 10.1. The molecule has 2 aromatic rings. The minimum atomic E-state index is -0.208. The van der Waals surface area contributed by atoms with Crippen molar-refractivity contribution in [3.63, 3.8) is 0 Å². The van der Waals surface area contributed by atoms with E-state index in [4.69, 9.17) is 4.74 Å². The van der Waals surface area contributed by atoms with E-state index in [0.717, 1.165) is 31.6 Å². The minimum absolute atomic E-state index is 0.208. The number of rotatable bonds is 15. The van der Waals surface area contributed by atoms with Gasteiger partial charge in [-0.25, -0.2) is 5.43 Å². The molecule has 4 heteroatoms. The lowest BCUT2D eigenvalue weighted by Gasteiger charge is -2.07. The van der Waals surface area contributed by atoms with Crippen LogP contribution in [0.1, 0.15) is 80.6 Å². The van der Waals surface area contributed by atoms with Crippen LogP contribution in [0.2, 0.25) is 0 Å². The average Bonchev–Trinajstić information content (AvgIpc) is 2.79. The number of ether oxygens (including phenoxy) is 1. The topological polar surface area (TPSA) is 50.7 Å². The number of hydrazone groups is 1. The van der Waals surface area contributed by atoms with E-state index in [-0.39, 0.29) is 5.91 Å². The van der Waals surface area contributed by atoms with E-state index in [2.05, 4.69) is 29.6 Å². The summed E-state index contributed by atoms with van der Waals surface area (Å²) in [6.45, 7) is 2.98. The molecular weight excluding hydrogens is 372 g/mol. The Morgan fingerprint density at radius 2 is 1.57 bits per heavy atom. The van der Waals surface area contributed by atoms with Crippen LogP contribution in [0.4, 0.5) is 0 Å². The van der Waals surface area contributed by atoms with E-state index < -0.39 is 0 Å². The third kappa shape index (κ3) is 10.2. The Morgan fingerprint density at radius 1 is 0.900 bits per heavy atom. The smallest absolute Gasteiger partial charge is 0.271 e. The molecule has 0 saturated carbocycles. The van der Waals surface area contributed by atoms with Gasteiger partial charge in [0, 0.05) is 11.8 Å². The monoisotopic (exact) mass is 408 g/mol. The predicted molar refractivity (Wildman–Crippen MR) is 125 cm³/mol. The van der Waals surface area contributed by atoms with Crippen molar-refractivity contribution in [2.24, 2.45) is 5.10 Å². The second kappa shape index (κ2) is 15.3. The summed E-state index contributed by atoms with van der Waals surface area (Å²) in [7, 11) is 0. The van der Waals surface area contributed by atoms with E-state index in [9.17, 15) is 4.79 Å². The van der Waals surface area contributed by atoms with E-state index in [1.807, 2.05) is 30.3 Å². The van der Waals surface area contributed by atoms with Crippen LogP contribution in [-0.2, 0) is 6.42 Å². The molecule has 0 saturated heterocycles. The maximum atomic E-state index is 12.1. The summed E-state index contributed by atoms with van der Waals surface area (Å²) in [4.78, 5) is 12.1. The maximum Gasteiger partial charge on any atom is 0.271 e. The van der Waals surface area contributed by atoms with E-state index in [0.29, 0.717) is 5.56 Å². The average molecular weight is 409 g/mol. The number of carbonyl (C=O) groups excluding carboxylic acids is 1. The summed E-state index contributed by atoms with van der Waals surface area (Å²) in [5.74, 6) is 0.599. The normalized spacial score (nSPS) is 11.0. The molecule has 0 aliphatic heterocycles. The Balaban J connectivity index is 1.56. The number of carbonyl (C=O) groups is 1. The summed E-state index contributed by atoms with van der Waals surface area (Å²) < 4.78 is 5.78. The van der Waals surface area contributed by atoms with Crippen molar-refractivity contribution in [3.05, 3.63) is 65.7 Å². The van der Waals surface area contributed by atoms with E-state index in [1.54, 1.807) is 18.3 Å².